The van der Waals surface area contributed by atoms with Gasteiger partial charge in [0.15, 0.2) is 12.2 Å². The number of nitrogens with one attached hydrogen (secondary N) is 2. The molecule has 0 saturated heterocycles. The molecular weight excluding hydrogens is 484 g/mol. The summed E-state index contributed by atoms with van der Waals surface area (Å²) in [5, 5.41) is 15.7. The second-order valence-electron chi connectivity index (χ2n) is 8.49. The zero-order chi connectivity index (χ0) is 25.5. The molecule has 8 nitrogen and oxygen atoms in total. The Hall–Kier alpha value is -2.85. The van der Waals surface area contributed by atoms with Crippen molar-refractivity contribution >= 4 is 40.0 Å². The number of hydrogen-bond donors (Lipinski definition) is 2. The number of ether oxygens (including phenoxy) is 2. The van der Waals surface area contributed by atoms with Gasteiger partial charge in [-0.2, -0.15) is 0 Å². The normalized spacial score (nSPS) is 19.3. The lowest BCUT2D eigenvalue weighted by Crippen LogP contribution is -2.33. The average Bonchev–Trinajstić information content (AvgIpc) is 3.50. The third-order valence-electron chi connectivity index (χ3n) is 5.74. The third kappa shape index (κ3) is 7.57. The quantitative estimate of drug-likeness (QED) is 0.361. The molecule has 2 atom stereocenters. The Morgan fingerprint density at radius 3 is 2.46 bits per heavy atom. The van der Waals surface area contributed by atoms with Gasteiger partial charge in [-0.25, -0.2) is 0 Å². The van der Waals surface area contributed by atoms with Crippen LogP contribution in [0.25, 0.3) is 0 Å². The Kier molecular flexibility index (Phi) is 9.33. The lowest BCUT2D eigenvalue weighted by Gasteiger charge is -2.14. The highest BCUT2D eigenvalue weighted by molar-refractivity contribution is 8.06. The van der Waals surface area contributed by atoms with Gasteiger partial charge in [0, 0.05) is 19.3 Å². The summed E-state index contributed by atoms with van der Waals surface area (Å²) >= 11 is 2.74. The van der Waals surface area contributed by atoms with E-state index in [4.69, 9.17) is 9.47 Å². The molecule has 2 amide bonds. The van der Waals surface area contributed by atoms with Crippen LogP contribution in [0.15, 0.2) is 58.4 Å². The molecular formula is C25H32N4O4S2. The number of aromatic nitrogens is 2. The maximum absolute atomic E-state index is 12.4. The smallest absolute Gasteiger partial charge is 0.267 e. The molecule has 35 heavy (non-hydrogen) atoms. The van der Waals surface area contributed by atoms with Gasteiger partial charge < -0.3 is 14.8 Å². The number of rotatable bonds is 12. The zero-order valence-corrected chi connectivity index (χ0v) is 22.1. The number of hydrogen-bond acceptors (Lipinski definition) is 8. The van der Waals surface area contributed by atoms with Crippen molar-refractivity contribution in [2.45, 2.75) is 71.5 Å². The number of nitrogens with zero attached hydrogens (tertiary/aromatic N) is 2. The molecule has 2 aliphatic rings. The predicted molar refractivity (Wildman–Crippen MR) is 140 cm³/mol. The number of aryl methyl sites for hydroxylation is 1. The molecule has 3 heterocycles. The first-order valence-corrected chi connectivity index (χ1v) is 13.1. The van der Waals surface area contributed by atoms with Crippen LogP contribution in [0.3, 0.4) is 0 Å². The summed E-state index contributed by atoms with van der Waals surface area (Å²) in [6.45, 7) is 17.4. The summed E-state index contributed by atoms with van der Waals surface area (Å²) in [4.78, 5) is 25.6. The van der Waals surface area contributed by atoms with Crippen LogP contribution < -0.4 is 10.6 Å². The lowest BCUT2D eigenvalue weighted by molar-refractivity contribution is -0.128. The first kappa shape index (κ1) is 26.7. The monoisotopic (exact) mass is 516 g/mol. The highest BCUT2D eigenvalue weighted by atomic mass is 32.2. The molecule has 0 spiro atoms. The highest BCUT2D eigenvalue weighted by Gasteiger charge is 2.29. The SMILES string of the molecule is C=CC1=C(C)OC(C(=O)NC(=C)SC(=C)CCCCc2nnc(NC(=O)C3CC(C)=C(C)O3)s2)C1. The fourth-order valence-corrected chi connectivity index (χ4v) is 5.16. The van der Waals surface area contributed by atoms with E-state index < -0.39 is 12.2 Å². The van der Waals surface area contributed by atoms with Crippen molar-refractivity contribution in [1.29, 1.82) is 0 Å². The van der Waals surface area contributed by atoms with E-state index in [2.05, 4.69) is 40.6 Å². The van der Waals surface area contributed by atoms with Gasteiger partial charge in [-0.15, -0.1) is 10.2 Å². The largest absolute Gasteiger partial charge is 0.485 e. The summed E-state index contributed by atoms with van der Waals surface area (Å²) in [6, 6.07) is 0. The number of anilines is 1. The number of unbranched alkanes of at least 4 members (excludes halogenated alkanes) is 1. The topological polar surface area (TPSA) is 102 Å². The second-order valence-corrected chi connectivity index (χ2v) is 10.8. The highest BCUT2D eigenvalue weighted by Crippen LogP contribution is 2.29. The summed E-state index contributed by atoms with van der Waals surface area (Å²) in [5.74, 6) is 1.13. The first-order valence-electron chi connectivity index (χ1n) is 11.5. The number of allylic oxidation sites excluding steroid dienone is 4. The van der Waals surface area contributed by atoms with Crippen molar-refractivity contribution in [1.82, 2.24) is 15.5 Å². The van der Waals surface area contributed by atoms with E-state index in [0.717, 1.165) is 58.3 Å². The molecule has 0 fully saturated rings. The fraction of sp³-hybridized carbons (Fsp3) is 0.440. The fourth-order valence-electron chi connectivity index (χ4n) is 3.63. The molecule has 0 bridgehead atoms. The molecule has 10 heteroatoms. The van der Waals surface area contributed by atoms with E-state index in [1.54, 1.807) is 6.08 Å². The molecule has 0 aromatic carbocycles. The van der Waals surface area contributed by atoms with Crippen LogP contribution >= 0.6 is 23.1 Å². The van der Waals surface area contributed by atoms with E-state index in [1.165, 1.54) is 23.1 Å². The third-order valence-corrected chi connectivity index (χ3v) is 7.48. The lowest BCUT2D eigenvalue weighted by atomic mass is 10.1. The van der Waals surface area contributed by atoms with Gasteiger partial charge in [0.25, 0.3) is 11.8 Å². The van der Waals surface area contributed by atoms with Gasteiger partial charge in [-0.1, -0.05) is 48.9 Å². The summed E-state index contributed by atoms with van der Waals surface area (Å²) in [7, 11) is 0. The van der Waals surface area contributed by atoms with Crippen molar-refractivity contribution in [3.05, 3.63) is 63.4 Å². The molecule has 2 unspecified atom stereocenters. The number of amides is 2. The van der Waals surface area contributed by atoms with Gasteiger partial charge >= 0.3 is 0 Å². The molecule has 1 aromatic heterocycles. The number of thioether (sulfide) groups is 1. The van der Waals surface area contributed by atoms with Crippen LogP contribution in [-0.2, 0) is 25.5 Å². The second kappa shape index (κ2) is 12.2. The van der Waals surface area contributed by atoms with Crippen LogP contribution in [0, 0.1) is 0 Å². The zero-order valence-electron chi connectivity index (χ0n) is 20.4. The van der Waals surface area contributed by atoms with Gasteiger partial charge in [0.2, 0.25) is 5.13 Å². The summed E-state index contributed by atoms with van der Waals surface area (Å²) in [6.07, 6.45) is 5.15. The standard InChI is InChI=1S/C25H32N4O4S2/c1-7-19-13-21(33-17(19)5)23(30)26-18(6)34-15(3)10-8-9-11-22-28-29-25(35-22)27-24(31)20-12-14(2)16(4)32-20/h7,20-21H,1,3,6,8-13H2,2,4-5H3,(H,26,30)(H,27,29,31). The van der Waals surface area contributed by atoms with Crippen molar-refractivity contribution in [3.63, 3.8) is 0 Å². The van der Waals surface area contributed by atoms with Gasteiger partial charge in [0.1, 0.15) is 5.01 Å². The van der Waals surface area contributed by atoms with Crippen LogP contribution in [0.1, 0.15) is 57.9 Å². The molecule has 0 saturated carbocycles. The molecule has 2 N–H and O–H groups in total. The van der Waals surface area contributed by atoms with E-state index in [0.29, 0.717) is 23.0 Å². The average molecular weight is 517 g/mol. The molecule has 0 radical (unpaired) electrons. The number of carbonyl (C=O) groups is 2. The predicted octanol–water partition coefficient (Wildman–Crippen LogP) is 5.36. The van der Waals surface area contributed by atoms with E-state index >= 15 is 0 Å². The van der Waals surface area contributed by atoms with Crippen molar-refractivity contribution in [2.75, 3.05) is 5.32 Å². The number of carbonyl (C=O) groups excluding carboxylic acids is 2. The van der Waals surface area contributed by atoms with Crippen LogP contribution in [0.5, 0.6) is 0 Å². The first-order chi connectivity index (χ1) is 16.7. The Morgan fingerprint density at radius 1 is 1.09 bits per heavy atom. The van der Waals surface area contributed by atoms with Crippen LogP contribution in [-0.4, -0.2) is 34.2 Å². The maximum atomic E-state index is 12.4. The van der Waals surface area contributed by atoms with Crippen LogP contribution in [0.2, 0.25) is 0 Å². The maximum Gasteiger partial charge on any atom is 0.267 e. The van der Waals surface area contributed by atoms with E-state index in [-0.39, 0.29) is 11.8 Å². The molecule has 188 valence electrons. The van der Waals surface area contributed by atoms with Crippen molar-refractivity contribution in [3.8, 4) is 0 Å². The summed E-state index contributed by atoms with van der Waals surface area (Å²) < 4.78 is 11.2. The Labute approximate surface area is 214 Å². The van der Waals surface area contributed by atoms with E-state index in [1.807, 2.05) is 20.8 Å². The van der Waals surface area contributed by atoms with Crippen LogP contribution in [0.4, 0.5) is 5.13 Å². The van der Waals surface area contributed by atoms with Gasteiger partial charge in [-0.05, 0) is 56.1 Å². The minimum absolute atomic E-state index is 0.198. The molecule has 0 aliphatic carbocycles. The minimum atomic E-state index is -0.550. The van der Waals surface area contributed by atoms with Crippen molar-refractivity contribution in [2.24, 2.45) is 0 Å². The Morgan fingerprint density at radius 2 is 1.80 bits per heavy atom. The van der Waals surface area contributed by atoms with Gasteiger partial charge in [-0.3, -0.25) is 14.9 Å². The summed E-state index contributed by atoms with van der Waals surface area (Å²) in [5.41, 5.74) is 2.04. The van der Waals surface area contributed by atoms with E-state index in [9.17, 15) is 9.59 Å². The molecule has 2 aliphatic heterocycles. The Balaban J connectivity index is 1.30. The molecule has 1 aromatic rings. The van der Waals surface area contributed by atoms with Gasteiger partial charge in [0.05, 0.1) is 16.5 Å². The van der Waals surface area contributed by atoms with Crippen molar-refractivity contribution < 1.29 is 19.1 Å². The Bertz CT molecular complexity index is 1070. The minimum Gasteiger partial charge on any atom is -0.485 e. The molecule has 3 rings (SSSR count).